The monoisotopic (exact) mass is 259 g/mol. The third-order valence-corrected chi connectivity index (χ3v) is 3.01. The molecule has 0 aliphatic heterocycles. The van der Waals surface area contributed by atoms with Crippen molar-refractivity contribution in [1.82, 2.24) is 10.6 Å². The molecule has 4 heteroatoms. The number of nitrogens with one attached hydrogen (secondary N) is 2. The zero-order chi connectivity index (χ0) is 13.8. The number of para-hydroxylation sites is 1. The lowest BCUT2D eigenvalue weighted by Gasteiger charge is -2.13. The normalized spacial score (nSPS) is 12.2. The lowest BCUT2D eigenvalue weighted by molar-refractivity contribution is 0.533. The number of nitrogens with zero attached hydrogens (tertiary/aromatic N) is 1. The molecule has 0 aliphatic rings. The van der Waals surface area contributed by atoms with Gasteiger partial charge in [-0.15, -0.1) is 0 Å². The fraction of sp³-hybridized carbons (Fsp3) is 0.400. The van der Waals surface area contributed by atoms with Gasteiger partial charge in [0.2, 0.25) is 0 Å². The third kappa shape index (κ3) is 3.08. The Morgan fingerprint density at radius 1 is 1.32 bits per heavy atom. The zero-order valence-corrected chi connectivity index (χ0v) is 11.9. The SMILES string of the molecule is CN=C(NCc1oc2ccccc2c1C)NC(C)C. The largest absolute Gasteiger partial charge is 0.459 e. The van der Waals surface area contributed by atoms with Crippen molar-refractivity contribution >= 4 is 16.9 Å². The van der Waals surface area contributed by atoms with Crippen molar-refractivity contribution in [3.63, 3.8) is 0 Å². The van der Waals surface area contributed by atoms with E-state index in [1.54, 1.807) is 7.05 Å². The molecule has 2 N–H and O–H groups in total. The van der Waals surface area contributed by atoms with Crippen LogP contribution in [0.4, 0.5) is 0 Å². The Kier molecular flexibility index (Phi) is 4.10. The highest BCUT2D eigenvalue weighted by Crippen LogP contribution is 2.24. The molecule has 1 aromatic heterocycles. The summed E-state index contributed by atoms with van der Waals surface area (Å²) >= 11 is 0. The number of hydrogen-bond donors (Lipinski definition) is 2. The summed E-state index contributed by atoms with van der Waals surface area (Å²) in [6, 6.07) is 8.44. The summed E-state index contributed by atoms with van der Waals surface area (Å²) < 4.78 is 5.85. The van der Waals surface area contributed by atoms with Gasteiger partial charge in [-0.05, 0) is 26.8 Å². The molecule has 0 unspecified atom stereocenters. The fourth-order valence-corrected chi connectivity index (χ4v) is 2.03. The molecular formula is C15H21N3O. The molecule has 0 amide bonds. The van der Waals surface area contributed by atoms with Crippen molar-refractivity contribution in [3.8, 4) is 0 Å². The van der Waals surface area contributed by atoms with E-state index in [0.29, 0.717) is 12.6 Å². The van der Waals surface area contributed by atoms with Crippen LogP contribution in [0.1, 0.15) is 25.2 Å². The lowest BCUT2D eigenvalue weighted by atomic mass is 10.1. The molecule has 1 aromatic carbocycles. The van der Waals surface area contributed by atoms with Gasteiger partial charge in [-0.3, -0.25) is 4.99 Å². The minimum absolute atomic E-state index is 0.350. The molecule has 0 saturated heterocycles. The Morgan fingerprint density at radius 2 is 2.05 bits per heavy atom. The molecule has 0 radical (unpaired) electrons. The van der Waals surface area contributed by atoms with Crippen LogP contribution >= 0.6 is 0 Å². The maximum Gasteiger partial charge on any atom is 0.191 e. The van der Waals surface area contributed by atoms with Crippen LogP contribution in [-0.4, -0.2) is 19.0 Å². The van der Waals surface area contributed by atoms with Crippen LogP contribution in [0.25, 0.3) is 11.0 Å². The molecule has 1 heterocycles. The van der Waals surface area contributed by atoms with Crippen molar-refractivity contribution < 1.29 is 4.42 Å². The van der Waals surface area contributed by atoms with E-state index in [4.69, 9.17) is 4.42 Å². The molecule has 0 aliphatic carbocycles. The van der Waals surface area contributed by atoms with E-state index >= 15 is 0 Å². The average Bonchev–Trinajstić information content (AvgIpc) is 2.71. The third-order valence-electron chi connectivity index (χ3n) is 3.01. The number of rotatable bonds is 3. The van der Waals surface area contributed by atoms with Crippen LogP contribution in [0.5, 0.6) is 0 Å². The smallest absolute Gasteiger partial charge is 0.191 e. The van der Waals surface area contributed by atoms with Crippen molar-refractivity contribution in [2.75, 3.05) is 7.05 Å². The van der Waals surface area contributed by atoms with Crippen LogP contribution in [0.15, 0.2) is 33.7 Å². The summed E-state index contributed by atoms with van der Waals surface area (Å²) in [6.07, 6.45) is 0. The first kappa shape index (κ1) is 13.5. The van der Waals surface area contributed by atoms with Crippen LogP contribution in [0.2, 0.25) is 0 Å². The number of aryl methyl sites for hydroxylation is 1. The van der Waals surface area contributed by atoms with Crippen molar-refractivity contribution in [3.05, 3.63) is 35.6 Å². The second-order valence-electron chi connectivity index (χ2n) is 4.87. The Bertz CT molecular complexity index is 584. The molecule has 2 rings (SSSR count). The topological polar surface area (TPSA) is 49.6 Å². The summed E-state index contributed by atoms with van der Waals surface area (Å²) in [4.78, 5) is 4.18. The Labute approximate surface area is 113 Å². The Morgan fingerprint density at radius 3 is 2.68 bits per heavy atom. The molecular weight excluding hydrogens is 238 g/mol. The van der Waals surface area contributed by atoms with Gasteiger partial charge in [0.05, 0.1) is 6.54 Å². The molecule has 102 valence electrons. The van der Waals surface area contributed by atoms with Gasteiger partial charge >= 0.3 is 0 Å². The number of aliphatic imine (C=N–C) groups is 1. The lowest BCUT2D eigenvalue weighted by Crippen LogP contribution is -2.40. The van der Waals surface area contributed by atoms with Crippen molar-refractivity contribution in [2.24, 2.45) is 4.99 Å². The minimum Gasteiger partial charge on any atom is -0.459 e. The summed E-state index contributed by atoms with van der Waals surface area (Å²) in [5, 5.41) is 7.69. The molecule has 0 fully saturated rings. The first-order chi connectivity index (χ1) is 9.11. The predicted octanol–water partition coefficient (Wildman–Crippen LogP) is 2.81. The van der Waals surface area contributed by atoms with E-state index in [1.807, 2.05) is 18.2 Å². The van der Waals surface area contributed by atoms with Gasteiger partial charge in [-0.25, -0.2) is 0 Å². The summed E-state index contributed by atoms with van der Waals surface area (Å²) in [6.45, 7) is 6.88. The first-order valence-corrected chi connectivity index (χ1v) is 6.56. The maximum absolute atomic E-state index is 5.85. The number of hydrogen-bond acceptors (Lipinski definition) is 2. The number of furan rings is 1. The van der Waals surface area contributed by atoms with E-state index in [-0.39, 0.29) is 0 Å². The number of fused-ring (bicyclic) bond motifs is 1. The Hall–Kier alpha value is -1.97. The second kappa shape index (κ2) is 5.78. The average molecular weight is 259 g/mol. The summed E-state index contributed by atoms with van der Waals surface area (Å²) in [5.41, 5.74) is 2.12. The van der Waals surface area contributed by atoms with Gasteiger partial charge in [0, 0.05) is 24.0 Å². The predicted molar refractivity (Wildman–Crippen MR) is 79.4 cm³/mol. The first-order valence-electron chi connectivity index (χ1n) is 6.56. The standard InChI is InChI=1S/C15H21N3O/c1-10(2)18-15(16-4)17-9-14-11(3)12-7-5-6-8-13(12)19-14/h5-8,10H,9H2,1-4H3,(H2,16,17,18). The molecule has 0 atom stereocenters. The molecule has 0 bridgehead atoms. The van der Waals surface area contributed by atoms with E-state index in [2.05, 4.69) is 42.5 Å². The van der Waals surface area contributed by atoms with E-state index in [9.17, 15) is 0 Å². The molecule has 2 aromatic rings. The van der Waals surface area contributed by atoms with E-state index in [0.717, 1.165) is 17.3 Å². The highest BCUT2D eigenvalue weighted by atomic mass is 16.3. The maximum atomic E-state index is 5.85. The van der Waals surface area contributed by atoms with E-state index < -0.39 is 0 Å². The minimum atomic E-state index is 0.350. The fourth-order valence-electron chi connectivity index (χ4n) is 2.03. The second-order valence-corrected chi connectivity index (χ2v) is 4.87. The highest BCUT2D eigenvalue weighted by Gasteiger charge is 2.10. The van der Waals surface area contributed by atoms with Crippen LogP contribution in [-0.2, 0) is 6.54 Å². The van der Waals surface area contributed by atoms with Crippen molar-refractivity contribution in [2.45, 2.75) is 33.4 Å². The van der Waals surface area contributed by atoms with Gasteiger partial charge in [0.25, 0.3) is 0 Å². The van der Waals surface area contributed by atoms with Crippen LogP contribution in [0, 0.1) is 6.92 Å². The zero-order valence-electron chi connectivity index (χ0n) is 11.9. The van der Waals surface area contributed by atoms with Crippen LogP contribution < -0.4 is 10.6 Å². The van der Waals surface area contributed by atoms with Gasteiger partial charge in [0.15, 0.2) is 5.96 Å². The molecule has 0 saturated carbocycles. The number of benzene rings is 1. The quantitative estimate of drug-likeness (QED) is 0.658. The number of guanidine groups is 1. The van der Waals surface area contributed by atoms with Crippen molar-refractivity contribution in [1.29, 1.82) is 0 Å². The molecule has 0 spiro atoms. The van der Waals surface area contributed by atoms with Gasteiger partial charge in [0.1, 0.15) is 11.3 Å². The Balaban J connectivity index is 2.11. The van der Waals surface area contributed by atoms with Gasteiger partial charge in [-0.2, -0.15) is 0 Å². The molecule has 4 nitrogen and oxygen atoms in total. The molecule has 19 heavy (non-hydrogen) atoms. The highest BCUT2D eigenvalue weighted by molar-refractivity contribution is 5.83. The summed E-state index contributed by atoms with van der Waals surface area (Å²) in [7, 11) is 1.77. The van der Waals surface area contributed by atoms with E-state index in [1.165, 1.54) is 10.9 Å². The van der Waals surface area contributed by atoms with Gasteiger partial charge in [-0.1, -0.05) is 18.2 Å². The summed E-state index contributed by atoms with van der Waals surface area (Å²) in [5.74, 6) is 1.74. The van der Waals surface area contributed by atoms with Gasteiger partial charge < -0.3 is 15.1 Å². The van der Waals surface area contributed by atoms with Crippen LogP contribution in [0.3, 0.4) is 0 Å².